The lowest BCUT2D eigenvalue weighted by molar-refractivity contribution is -0.597. The summed E-state index contributed by atoms with van der Waals surface area (Å²) in [6, 6.07) is 29.6. The van der Waals surface area contributed by atoms with Crippen molar-refractivity contribution in [1.29, 1.82) is 0 Å². The molecule has 0 aliphatic rings. The molecule has 0 spiro atoms. The molecule has 404 valence electrons. The first-order valence-electron chi connectivity index (χ1n) is 25.0. The summed E-state index contributed by atoms with van der Waals surface area (Å²) in [6.45, 7) is 12.4. The van der Waals surface area contributed by atoms with Crippen molar-refractivity contribution < 1.29 is 37.9 Å². The molecule has 0 saturated heterocycles. The van der Waals surface area contributed by atoms with Crippen LogP contribution >= 0.6 is 0 Å². The molecule has 0 fully saturated rings. The van der Waals surface area contributed by atoms with Gasteiger partial charge in [0, 0.05) is 33.4 Å². The van der Waals surface area contributed by atoms with Gasteiger partial charge in [0.05, 0.1) is 76.4 Å². The normalized spacial score (nSPS) is 10.8. The van der Waals surface area contributed by atoms with Crippen LogP contribution in [0, 0.1) is 52.0 Å². The van der Waals surface area contributed by atoms with Crippen molar-refractivity contribution in [3.8, 4) is 125 Å². The maximum atomic E-state index is 13.1. The third kappa shape index (κ3) is 11.3. The summed E-state index contributed by atoms with van der Waals surface area (Å²) >= 11 is 0. The van der Waals surface area contributed by atoms with Gasteiger partial charge in [-0.25, -0.2) is 19.4 Å². The fourth-order valence-electron chi connectivity index (χ4n) is 8.82. The SMILES string of the molecule is COc1cc(-c2c[n+]([O-])c(-c3cccc(-c4nnc(-c5cc(C)c(C)c(C)c5)c[n+]4[O-])c3)nn2)cc(OC)c1OC.COc1cc(-c2cnc(-c3cccc(-c4ncc(-c5cc(C)c(C)c(C)c5)nn4)c3)nn2)cc(OC)c1OC. The number of hydrogen-bond donors (Lipinski definition) is 0. The van der Waals surface area contributed by atoms with Crippen LogP contribution in [0.2, 0.25) is 0 Å². The summed E-state index contributed by atoms with van der Waals surface area (Å²) in [5.41, 5.74) is 14.8. The van der Waals surface area contributed by atoms with Crippen molar-refractivity contribution in [2.45, 2.75) is 41.5 Å². The summed E-state index contributed by atoms with van der Waals surface area (Å²) in [5, 5.41) is 60.6. The quantitative estimate of drug-likeness (QED) is 0.0727. The predicted molar refractivity (Wildman–Crippen MR) is 300 cm³/mol. The number of benzene rings is 6. The molecule has 0 aliphatic heterocycles. The third-order valence-corrected chi connectivity index (χ3v) is 13.6. The second-order valence-corrected chi connectivity index (χ2v) is 18.5. The molecule has 0 bridgehead atoms. The van der Waals surface area contributed by atoms with Gasteiger partial charge in [-0.1, -0.05) is 24.3 Å². The Bertz CT molecular complexity index is 3820. The van der Waals surface area contributed by atoms with Crippen LogP contribution in [-0.4, -0.2) is 93.4 Å². The Morgan fingerprint density at radius 1 is 0.338 bits per heavy atom. The van der Waals surface area contributed by atoms with Crippen LogP contribution in [0.15, 0.2) is 122 Å². The van der Waals surface area contributed by atoms with Crippen molar-refractivity contribution in [3.05, 3.63) is 166 Å². The van der Waals surface area contributed by atoms with Crippen LogP contribution in [0.5, 0.6) is 34.5 Å². The maximum absolute atomic E-state index is 13.1. The van der Waals surface area contributed by atoms with Crippen LogP contribution in [0.4, 0.5) is 0 Å². The molecule has 0 unspecified atom stereocenters. The molecule has 4 aromatic heterocycles. The molecule has 6 aromatic carbocycles. The van der Waals surface area contributed by atoms with E-state index in [1.807, 2.05) is 50.2 Å². The molecule has 0 atom stereocenters. The average molecular weight is 1070 g/mol. The van der Waals surface area contributed by atoms with E-state index in [1.165, 1.54) is 56.0 Å². The summed E-state index contributed by atoms with van der Waals surface area (Å²) in [7, 11) is 9.21. The number of hydrogen-bond acceptors (Lipinski definition) is 18. The van der Waals surface area contributed by atoms with Gasteiger partial charge in [0.2, 0.25) is 11.5 Å². The van der Waals surface area contributed by atoms with E-state index >= 15 is 0 Å². The van der Waals surface area contributed by atoms with E-state index < -0.39 is 0 Å². The molecule has 10 aromatic rings. The topological polar surface area (TPSA) is 238 Å². The van der Waals surface area contributed by atoms with Crippen molar-refractivity contribution in [1.82, 2.24) is 50.8 Å². The molecule has 80 heavy (non-hydrogen) atoms. The minimum Gasteiger partial charge on any atom is -0.710 e. The van der Waals surface area contributed by atoms with Gasteiger partial charge in [0.15, 0.2) is 46.0 Å². The highest BCUT2D eigenvalue weighted by atomic mass is 16.5. The van der Waals surface area contributed by atoms with Gasteiger partial charge in [-0.2, -0.15) is 0 Å². The summed E-state index contributed by atoms with van der Waals surface area (Å²) in [4.78, 5) is 9.13. The van der Waals surface area contributed by atoms with E-state index in [-0.39, 0.29) is 11.6 Å². The molecule has 0 saturated carbocycles. The lowest BCUT2D eigenvalue weighted by Crippen LogP contribution is -2.32. The lowest BCUT2D eigenvalue weighted by Gasteiger charge is -2.14. The smallest absolute Gasteiger partial charge is 0.360 e. The number of methoxy groups -OCH3 is 6. The molecule has 20 nitrogen and oxygen atoms in total. The molecular weight excluding hydrogens is 1020 g/mol. The van der Waals surface area contributed by atoms with E-state index in [0.29, 0.717) is 89.4 Å². The van der Waals surface area contributed by atoms with Gasteiger partial charge in [0.1, 0.15) is 23.8 Å². The molecule has 0 radical (unpaired) electrons. The average Bonchev–Trinajstić information content (AvgIpc) is 3.53. The minimum atomic E-state index is 0.0516. The summed E-state index contributed by atoms with van der Waals surface area (Å²) in [5.74, 6) is 3.96. The second kappa shape index (κ2) is 23.6. The zero-order valence-corrected chi connectivity index (χ0v) is 46.2. The Balaban J connectivity index is 0.000000194. The molecule has 0 N–H and O–H groups in total. The largest absolute Gasteiger partial charge is 0.710 e. The van der Waals surface area contributed by atoms with E-state index in [4.69, 9.17) is 28.4 Å². The third-order valence-electron chi connectivity index (χ3n) is 13.6. The van der Waals surface area contributed by atoms with E-state index in [9.17, 15) is 10.4 Å². The zero-order chi connectivity index (χ0) is 56.8. The fourth-order valence-corrected chi connectivity index (χ4v) is 8.82. The highest BCUT2D eigenvalue weighted by molar-refractivity contribution is 5.72. The first-order valence-corrected chi connectivity index (χ1v) is 25.0. The van der Waals surface area contributed by atoms with Crippen molar-refractivity contribution in [2.24, 2.45) is 0 Å². The highest BCUT2D eigenvalue weighted by Gasteiger charge is 2.23. The minimum absolute atomic E-state index is 0.0516. The summed E-state index contributed by atoms with van der Waals surface area (Å²) in [6.07, 6.45) is 6.12. The van der Waals surface area contributed by atoms with Gasteiger partial charge in [-0.05, 0) is 158 Å². The highest BCUT2D eigenvalue weighted by Crippen LogP contribution is 2.42. The Morgan fingerprint density at radius 3 is 0.975 bits per heavy atom. The van der Waals surface area contributed by atoms with Crippen LogP contribution in [0.1, 0.15) is 33.4 Å². The van der Waals surface area contributed by atoms with Gasteiger partial charge < -0.3 is 38.8 Å². The Morgan fingerprint density at radius 2 is 0.650 bits per heavy atom. The molecular formula is C60H56N12O8. The number of rotatable bonds is 14. The first kappa shape index (κ1) is 54.5. The second-order valence-electron chi connectivity index (χ2n) is 18.5. The van der Waals surface area contributed by atoms with Gasteiger partial charge >= 0.3 is 11.6 Å². The molecule has 0 aliphatic carbocycles. The van der Waals surface area contributed by atoms with Crippen LogP contribution in [0.3, 0.4) is 0 Å². The predicted octanol–water partition coefficient (Wildman–Crippen LogP) is 9.83. The van der Waals surface area contributed by atoms with E-state index in [2.05, 4.69) is 90.6 Å². The number of aromatic nitrogens is 12. The Hall–Kier alpha value is -10.2. The fraction of sp³-hybridized carbons (Fsp3) is 0.200. The Labute approximate surface area is 461 Å². The maximum Gasteiger partial charge on any atom is 0.360 e. The summed E-state index contributed by atoms with van der Waals surface area (Å²) < 4.78 is 33.7. The lowest BCUT2D eigenvalue weighted by atomic mass is 9.99. The molecule has 20 heteroatoms. The van der Waals surface area contributed by atoms with E-state index in [0.717, 1.165) is 44.6 Å². The van der Waals surface area contributed by atoms with Gasteiger partial charge in [-0.3, -0.25) is 0 Å². The van der Waals surface area contributed by atoms with Crippen LogP contribution in [-0.2, 0) is 0 Å². The number of aryl methyl sites for hydroxylation is 4. The van der Waals surface area contributed by atoms with Crippen molar-refractivity contribution in [3.63, 3.8) is 0 Å². The molecule has 0 amide bonds. The molecule has 4 heterocycles. The number of ether oxygens (including phenoxy) is 6. The van der Waals surface area contributed by atoms with Crippen LogP contribution < -0.4 is 37.9 Å². The van der Waals surface area contributed by atoms with Crippen LogP contribution in [0.25, 0.3) is 90.6 Å². The van der Waals surface area contributed by atoms with Crippen molar-refractivity contribution in [2.75, 3.05) is 42.7 Å². The zero-order valence-electron chi connectivity index (χ0n) is 46.2. The monoisotopic (exact) mass is 1070 g/mol. The number of nitrogens with zero attached hydrogens (tertiary/aromatic N) is 12. The Kier molecular flexibility index (Phi) is 16.1. The standard InChI is InChI=1S/C30H28N6O5.C30H28N6O3/c1-17-10-22(11-18(2)19(17)3)24-15-35(37)29(33-31-24)20-8-7-9-21(12-20)30-34-32-25(16-36(30)38)23-13-26(39-4)28(41-6)27(14-23)40-5;1-17-10-22(11-18(2)19(17)3)24-15-31-29(35-33-24)20-8-7-9-21(12-20)30-32-16-25(34-36-30)23-13-26(37-4)28(39-6)27(14-23)38-5/h7-16H,1-6H3;7-16H,1-6H3. The first-order chi connectivity index (χ1) is 38.6. The molecule has 10 rings (SSSR count). The van der Waals surface area contributed by atoms with E-state index in [1.54, 1.807) is 82.3 Å². The van der Waals surface area contributed by atoms with Crippen molar-refractivity contribution >= 4 is 0 Å². The van der Waals surface area contributed by atoms with Gasteiger partial charge in [-0.15, -0.1) is 20.4 Å². The van der Waals surface area contributed by atoms with Gasteiger partial charge in [0.25, 0.3) is 0 Å².